The Hall–Kier alpha value is -2.54. The SMILES string of the molecule is C/C(=C\C(=O)N1CCOC(c2noc(C)n2)C1)c1ccc(F)cc1. The molecule has 6 nitrogen and oxygen atoms in total. The molecule has 24 heavy (non-hydrogen) atoms. The summed E-state index contributed by atoms with van der Waals surface area (Å²) in [5, 5.41) is 3.85. The summed E-state index contributed by atoms with van der Waals surface area (Å²) in [6.45, 7) is 4.81. The highest BCUT2D eigenvalue weighted by atomic mass is 19.1. The number of carbonyl (C=O) groups excluding carboxylic acids is 1. The number of aromatic nitrogens is 2. The van der Waals surface area contributed by atoms with E-state index in [1.807, 2.05) is 6.92 Å². The monoisotopic (exact) mass is 331 g/mol. The predicted octanol–water partition coefficient (Wildman–Crippen LogP) is 2.52. The van der Waals surface area contributed by atoms with Gasteiger partial charge in [0, 0.05) is 19.5 Å². The number of allylic oxidation sites excluding steroid dienone is 1. The molecule has 1 aromatic carbocycles. The fourth-order valence-electron chi connectivity index (χ4n) is 2.52. The van der Waals surface area contributed by atoms with Crippen LogP contribution >= 0.6 is 0 Å². The molecule has 0 spiro atoms. The van der Waals surface area contributed by atoms with Crippen molar-refractivity contribution in [1.29, 1.82) is 0 Å². The molecule has 1 aliphatic heterocycles. The summed E-state index contributed by atoms with van der Waals surface area (Å²) in [5.41, 5.74) is 1.58. The largest absolute Gasteiger partial charge is 0.366 e. The number of ether oxygens (including phenoxy) is 1. The van der Waals surface area contributed by atoms with Crippen LogP contribution in [0.3, 0.4) is 0 Å². The first-order chi connectivity index (χ1) is 11.5. The third-order valence-electron chi connectivity index (χ3n) is 3.85. The summed E-state index contributed by atoms with van der Waals surface area (Å²) >= 11 is 0. The van der Waals surface area contributed by atoms with Gasteiger partial charge in [-0.3, -0.25) is 4.79 Å². The zero-order chi connectivity index (χ0) is 17.1. The first-order valence-electron chi connectivity index (χ1n) is 7.68. The number of carbonyl (C=O) groups is 1. The Kier molecular flexibility index (Phi) is 4.71. The molecule has 0 bridgehead atoms. The number of benzene rings is 1. The number of nitrogens with zero attached hydrogens (tertiary/aromatic N) is 3. The third-order valence-corrected chi connectivity index (χ3v) is 3.85. The van der Waals surface area contributed by atoms with Gasteiger partial charge in [-0.2, -0.15) is 4.98 Å². The molecule has 126 valence electrons. The topological polar surface area (TPSA) is 68.5 Å². The zero-order valence-corrected chi connectivity index (χ0v) is 13.5. The normalized spacial score (nSPS) is 18.7. The Bertz CT molecular complexity index is 755. The van der Waals surface area contributed by atoms with Gasteiger partial charge in [0.05, 0.1) is 13.2 Å². The van der Waals surface area contributed by atoms with Gasteiger partial charge in [-0.15, -0.1) is 0 Å². The van der Waals surface area contributed by atoms with Crippen molar-refractivity contribution in [1.82, 2.24) is 15.0 Å². The molecule has 1 fully saturated rings. The Balaban J connectivity index is 1.70. The summed E-state index contributed by atoms with van der Waals surface area (Å²) in [7, 11) is 0. The maximum absolute atomic E-state index is 13.0. The molecule has 1 aliphatic rings. The van der Waals surface area contributed by atoms with Crippen LogP contribution in [0.2, 0.25) is 0 Å². The lowest BCUT2D eigenvalue weighted by Crippen LogP contribution is -2.41. The second kappa shape index (κ2) is 6.92. The van der Waals surface area contributed by atoms with Gasteiger partial charge in [-0.05, 0) is 30.2 Å². The minimum absolute atomic E-state index is 0.120. The summed E-state index contributed by atoms with van der Waals surface area (Å²) in [5.74, 6) is 0.489. The fraction of sp³-hybridized carbons (Fsp3) is 0.353. The second-order valence-corrected chi connectivity index (χ2v) is 5.65. The van der Waals surface area contributed by atoms with Gasteiger partial charge in [0.2, 0.25) is 17.6 Å². The van der Waals surface area contributed by atoms with E-state index in [0.717, 1.165) is 11.1 Å². The lowest BCUT2D eigenvalue weighted by Gasteiger charge is -2.30. The van der Waals surface area contributed by atoms with Gasteiger partial charge in [0.1, 0.15) is 11.9 Å². The molecular weight excluding hydrogens is 313 g/mol. The first-order valence-corrected chi connectivity index (χ1v) is 7.68. The van der Waals surface area contributed by atoms with Crippen LogP contribution in [0.4, 0.5) is 4.39 Å². The molecule has 0 saturated carbocycles. The second-order valence-electron chi connectivity index (χ2n) is 5.65. The van der Waals surface area contributed by atoms with E-state index in [1.54, 1.807) is 30.0 Å². The van der Waals surface area contributed by atoms with Gasteiger partial charge in [0.15, 0.2) is 0 Å². The molecule has 7 heteroatoms. The lowest BCUT2D eigenvalue weighted by molar-refractivity contribution is -0.134. The van der Waals surface area contributed by atoms with Crippen LogP contribution in [0, 0.1) is 12.7 Å². The zero-order valence-electron chi connectivity index (χ0n) is 13.5. The number of hydrogen-bond donors (Lipinski definition) is 0. The average molecular weight is 331 g/mol. The Morgan fingerprint density at radius 1 is 1.38 bits per heavy atom. The number of hydrogen-bond acceptors (Lipinski definition) is 5. The first kappa shape index (κ1) is 16.3. The van der Waals surface area contributed by atoms with Crippen molar-refractivity contribution in [3.05, 3.63) is 53.4 Å². The van der Waals surface area contributed by atoms with Crippen LogP contribution in [-0.2, 0) is 9.53 Å². The number of amides is 1. The Morgan fingerprint density at radius 2 is 2.12 bits per heavy atom. The van der Waals surface area contributed by atoms with Gasteiger partial charge < -0.3 is 14.2 Å². The van der Waals surface area contributed by atoms with Crippen molar-refractivity contribution in [2.24, 2.45) is 0 Å². The van der Waals surface area contributed by atoms with Crippen molar-refractivity contribution in [3.8, 4) is 0 Å². The molecule has 0 N–H and O–H groups in total. The molecular formula is C17H18FN3O3. The van der Waals surface area contributed by atoms with Gasteiger partial charge >= 0.3 is 0 Å². The van der Waals surface area contributed by atoms with E-state index in [2.05, 4.69) is 10.1 Å². The molecule has 1 amide bonds. The summed E-state index contributed by atoms with van der Waals surface area (Å²) in [6, 6.07) is 6.05. The number of halogens is 1. The molecule has 1 saturated heterocycles. The van der Waals surface area contributed by atoms with Crippen LogP contribution in [0.25, 0.3) is 5.57 Å². The van der Waals surface area contributed by atoms with Crippen LogP contribution in [0.15, 0.2) is 34.9 Å². The number of aryl methyl sites for hydroxylation is 1. The lowest BCUT2D eigenvalue weighted by atomic mass is 10.1. The van der Waals surface area contributed by atoms with E-state index in [-0.39, 0.29) is 17.8 Å². The van der Waals surface area contributed by atoms with E-state index < -0.39 is 0 Å². The summed E-state index contributed by atoms with van der Waals surface area (Å²) in [4.78, 5) is 18.3. The molecule has 2 aromatic rings. The highest BCUT2D eigenvalue weighted by Crippen LogP contribution is 2.21. The van der Waals surface area contributed by atoms with Gasteiger partial charge in [-0.1, -0.05) is 17.3 Å². The predicted molar refractivity (Wildman–Crippen MR) is 84.4 cm³/mol. The quantitative estimate of drug-likeness (QED) is 0.809. The number of morpholine rings is 1. The molecule has 3 rings (SSSR count). The molecule has 1 atom stereocenters. The van der Waals surface area contributed by atoms with Gasteiger partial charge in [0.25, 0.3) is 0 Å². The van der Waals surface area contributed by atoms with Crippen LogP contribution in [0.5, 0.6) is 0 Å². The smallest absolute Gasteiger partial charge is 0.247 e. The summed E-state index contributed by atoms with van der Waals surface area (Å²) < 4.78 is 23.6. The highest BCUT2D eigenvalue weighted by molar-refractivity contribution is 5.94. The van der Waals surface area contributed by atoms with E-state index in [0.29, 0.717) is 31.4 Å². The molecule has 0 aliphatic carbocycles. The molecule has 0 radical (unpaired) electrons. The fourth-order valence-corrected chi connectivity index (χ4v) is 2.52. The Morgan fingerprint density at radius 3 is 2.79 bits per heavy atom. The highest BCUT2D eigenvalue weighted by Gasteiger charge is 2.27. The van der Waals surface area contributed by atoms with E-state index in [1.165, 1.54) is 12.1 Å². The van der Waals surface area contributed by atoms with Gasteiger partial charge in [-0.25, -0.2) is 4.39 Å². The standard InChI is InChI=1S/C17H18FN3O3/c1-11(13-3-5-14(18)6-4-13)9-16(22)21-7-8-23-15(10-21)17-19-12(2)24-20-17/h3-6,9,15H,7-8,10H2,1-2H3/b11-9+. The van der Waals surface area contributed by atoms with E-state index in [4.69, 9.17) is 9.26 Å². The maximum Gasteiger partial charge on any atom is 0.247 e. The maximum atomic E-state index is 13.0. The van der Waals surface area contributed by atoms with Crippen molar-refractivity contribution < 1.29 is 18.4 Å². The molecule has 1 unspecified atom stereocenters. The third kappa shape index (κ3) is 3.68. The van der Waals surface area contributed by atoms with Crippen molar-refractivity contribution >= 4 is 11.5 Å². The van der Waals surface area contributed by atoms with Crippen LogP contribution < -0.4 is 0 Å². The Labute approximate surface area is 138 Å². The van der Waals surface area contributed by atoms with Crippen LogP contribution in [-0.4, -0.2) is 40.6 Å². The van der Waals surface area contributed by atoms with Crippen molar-refractivity contribution in [2.75, 3.05) is 19.7 Å². The minimum atomic E-state index is -0.389. The minimum Gasteiger partial charge on any atom is -0.366 e. The summed E-state index contributed by atoms with van der Waals surface area (Å²) in [6.07, 6.45) is 1.16. The molecule has 2 heterocycles. The van der Waals surface area contributed by atoms with E-state index in [9.17, 15) is 9.18 Å². The molecule has 1 aromatic heterocycles. The van der Waals surface area contributed by atoms with E-state index >= 15 is 0 Å². The van der Waals surface area contributed by atoms with Crippen LogP contribution in [0.1, 0.15) is 30.3 Å². The van der Waals surface area contributed by atoms with Crippen molar-refractivity contribution in [2.45, 2.75) is 20.0 Å². The number of rotatable bonds is 3. The van der Waals surface area contributed by atoms with Crippen molar-refractivity contribution in [3.63, 3.8) is 0 Å². The average Bonchev–Trinajstić information content (AvgIpc) is 3.02.